The molecule has 0 unspecified atom stereocenters. The van der Waals surface area contributed by atoms with Crippen molar-refractivity contribution >= 4 is 58.1 Å². The molecule has 3 N–H and O–H groups in total. The zero-order valence-corrected chi connectivity index (χ0v) is 19.7. The zero-order valence-electron chi connectivity index (χ0n) is 18.1. The number of nitrogens with zero attached hydrogens (tertiary/aromatic N) is 2. The monoisotopic (exact) mass is 496 g/mol. The Morgan fingerprint density at radius 3 is 2.56 bits per heavy atom. The summed E-state index contributed by atoms with van der Waals surface area (Å²) in [4.78, 5) is 26.5. The number of aliphatic imine (C=N–C) groups is 1. The summed E-state index contributed by atoms with van der Waals surface area (Å²) in [6.45, 7) is 1.73. The summed E-state index contributed by atoms with van der Waals surface area (Å²) < 4.78 is 0. The Bertz CT molecular complexity index is 1260. The maximum absolute atomic E-state index is 11.5. The molecule has 34 heavy (non-hydrogen) atoms. The Morgan fingerprint density at radius 1 is 1.21 bits per heavy atom. The number of phenols is 1. The van der Waals surface area contributed by atoms with Gasteiger partial charge in [0.25, 0.3) is 0 Å². The van der Waals surface area contributed by atoms with Gasteiger partial charge in [-0.05, 0) is 66.2 Å². The minimum Gasteiger partial charge on any atom is -0.502 e. The van der Waals surface area contributed by atoms with Crippen molar-refractivity contribution in [3.05, 3.63) is 92.5 Å². The van der Waals surface area contributed by atoms with Crippen molar-refractivity contribution in [3.8, 4) is 5.75 Å². The number of nitrogens with one attached hydrogen (secondary N) is 2. The second kappa shape index (κ2) is 11.4. The Hall–Kier alpha value is -3.82. The van der Waals surface area contributed by atoms with Crippen LogP contribution in [0.2, 0.25) is 5.02 Å². The molecule has 0 spiro atoms. The molecule has 0 aliphatic heterocycles. The summed E-state index contributed by atoms with van der Waals surface area (Å²) in [5, 5.41) is 28.0. The van der Waals surface area contributed by atoms with Gasteiger partial charge in [0.15, 0.2) is 5.11 Å². The molecule has 10 heteroatoms. The third kappa shape index (κ3) is 6.60. The van der Waals surface area contributed by atoms with Crippen LogP contribution in [0.4, 0.5) is 17.1 Å². The number of phenolic OH excluding ortho intramolecular Hbond substituents is 1. The van der Waals surface area contributed by atoms with E-state index in [0.29, 0.717) is 34.8 Å². The van der Waals surface area contributed by atoms with Crippen LogP contribution < -0.4 is 10.6 Å². The van der Waals surface area contributed by atoms with Crippen molar-refractivity contribution in [1.29, 1.82) is 0 Å². The second-order valence-corrected chi connectivity index (χ2v) is 8.05. The van der Waals surface area contributed by atoms with Crippen LogP contribution in [-0.4, -0.2) is 27.3 Å². The average Bonchev–Trinajstić information content (AvgIpc) is 2.81. The van der Waals surface area contributed by atoms with E-state index < -0.39 is 16.4 Å². The molecule has 1 amide bonds. The van der Waals surface area contributed by atoms with Gasteiger partial charge in [0.1, 0.15) is 0 Å². The molecule has 0 bridgehead atoms. The number of benzene rings is 3. The molecule has 174 valence electrons. The van der Waals surface area contributed by atoms with Crippen LogP contribution in [0, 0.1) is 10.1 Å². The summed E-state index contributed by atoms with van der Waals surface area (Å²) in [7, 11) is 0. The van der Waals surface area contributed by atoms with E-state index in [-0.39, 0.29) is 16.6 Å². The number of anilines is 1. The molecule has 3 rings (SSSR count). The lowest BCUT2D eigenvalue weighted by atomic mass is 10.0. The third-order valence-corrected chi connectivity index (χ3v) is 5.35. The molecule has 0 fully saturated rings. The Kier molecular flexibility index (Phi) is 8.29. The topological polar surface area (TPSA) is 117 Å². The highest BCUT2D eigenvalue weighted by Gasteiger charge is 2.19. The molecule has 0 heterocycles. The Balaban J connectivity index is 1.81. The fourth-order valence-corrected chi connectivity index (χ4v) is 3.49. The maximum atomic E-state index is 11.5. The van der Waals surface area contributed by atoms with Crippen molar-refractivity contribution in [1.82, 2.24) is 5.32 Å². The normalized spacial score (nSPS) is 10.8. The first-order valence-electron chi connectivity index (χ1n) is 10.3. The maximum Gasteiger partial charge on any atom is 0.311 e. The van der Waals surface area contributed by atoms with Crippen LogP contribution in [-0.2, 0) is 11.2 Å². The predicted molar refractivity (Wildman–Crippen MR) is 137 cm³/mol. The molecule has 0 atom stereocenters. The molecular weight excluding hydrogens is 476 g/mol. The van der Waals surface area contributed by atoms with E-state index in [4.69, 9.17) is 23.8 Å². The quantitative estimate of drug-likeness (QED) is 0.172. The van der Waals surface area contributed by atoms with E-state index >= 15 is 0 Å². The van der Waals surface area contributed by atoms with Gasteiger partial charge >= 0.3 is 5.69 Å². The van der Waals surface area contributed by atoms with Crippen molar-refractivity contribution in [2.45, 2.75) is 19.8 Å². The van der Waals surface area contributed by atoms with E-state index in [1.807, 2.05) is 12.1 Å². The van der Waals surface area contributed by atoms with Crippen molar-refractivity contribution in [2.24, 2.45) is 4.99 Å². The second-order valence-electron chi connectivity index (χ2n) is 7.24. The minimum absolute atomic E-state index is 0.190. The smallest absolute Gasteiger partial charge is 0.311 e. The molecule has 0 saturated heterocycles. The summed E-state index contributed by atoms with van der Waals surface area (Å²) in [5.41, 5.74) is 2.42. The number of rotatable bonds is 7. The minimum atomic E-state index is -0.635. The SMILES string of the molecule is CCC(=O)NC(=S)Nc1ccc(N=Cc2cc(Cc3ccccc3Cl)cc([N+](=O)[O-])c2O)cc1. The molecule has 3 aromatic rings. The highest BCUT2D eigenvalue weighted by Crippen LogP contribution is 2.32. The van der Waals surface area contributed by atoms with E-state index in [2.05, 4.69) is 15.6 Å². The van der Waals surface area contributed by atoms with Gasteiger partial charge in [-0.2, -0.15) is 0 Å². The van der Waals surface area contributed by atoms with Crippen LogP contribution in [0.1, 0.15) is 30.0 Å². The van der Waals surface area contributed by atoms with Crippen molar-refractivity contribution in [3.63, 3.8) is 0 Å². The number of nitro groups is 1. The van der Waals surface area contributed by atoms with Gasteiger partial charge in [0.2, 0.25) is 11.7 Å². The molecule has 0 saturated carbocycles. The van der Waals surface area contributed by atoms with Gasteiger partial charge < -0.3 is 15.7 Å². The van der Waals surface area contributed by atoms with E-state index in [1.165, 1.54) is 12.3 Å². The fourth-order valence-electron chi connectivity index (χ4n) is 3.06. The summed E-state index contributed by atoms with van der Waals surface area (Å²) in [5.74, 6) is -0.656. The van der Waals surface area contributed by atoms with Gasteiger partial charge in [0.05, 0.1) is 10.6 Å². The Morgan fingerprint density at radius 2 is 1.91 bits per heavy atom. The number of hydrogen-bond acceptors (Lipinski definition) is 6. The number of nitro benzene ring substituents is 1. The first kappa shape index (κ1) is 24.8. The third-order valence-electron chi connectivity index (χ3n) is 4.78. The number of amides is 1. The average molecular weight is 497 g/mol. The first-order chi connectivity index (χ1) is 16.3. The van der Waals surface area contributed by atoms with Crippen molar-refractivity contribution < 1.29 is 14.8 Å². The van der Waals surface area contributed by atoms with Gasteiger partial charge in [-0.3, -0.25) is 19.9 Å². The molecular formula is C24H21ClN4O4S. The predicted octanol–water partition coefficient (Wildman–Crippen LogP) is 5.52. The van der Waals surface area contributed by atoms with Crippen LogP contribution in [0.15, 0.2) is 65.7 Å². The zero-order chi connectivity index (χ0) is 24.7. The Labute approximate surface area is 206 Å². The van der Waals surface area contributed by atoms with Crippen LogP contribution >= 0.6 is 23.8 Å². The summed E-state index contributed by atoms with van der Waals surface area (Å²) in [6.07, 6.45) is 2.05. The van der Waals surface area contributed by atoms with Gasteiger partial charge in [-0.15, -0.1) is 0 Å². The van der Waals surface area contributed by atoms with Gasteiger partial charge in [-0.1, -0.05) is 36.7 Å². The number of carbonyl (C=O) groups is 1. The lowest BCUT2D eigenvalue weighted by Gasteiger charge is -2.09. The number of hydrogen-bond donors (Lipinski definition) is 3. The van der Waals surface area contributed by atoms with Crippen molar-refractivity contribution in [2.75, 3.05) is 5.32 Å². The molecule has 0 aliphatic carbocycles. The van der Waals surface area contributed by atoms with Crippen LogP contribution in [0.3, 0.4) is 0 Å². The lowest BCUT2D eigenvalue weighted by Crippen LogP contribution is -2.33. The van der Waals surface area contributed by atoms with Gasteiger partial charge in [-0.25, -0.2) is 0 Å². The first-order valence-corrected chi connectivity index (χ1v) is 11.0. The number of carbonyl (C=O) groups excluding carboxylic acids is 1. The van der Waals surface area contributed by atoms with Crippen LogP contribution in [0.25, 0.3) is 0 Å². The molecule has 3 aromatic carbocycles. The highest BCUT2D eigenvalue weighted by molar-refractivity contribution is 7.80. The summed E-state index contributed by atoms with van der Waals surface area (Å²) >= 11 is 11.3. The molecule has 0 aliphatic rings. The molecule has 8 nitrogen and oxygen atoms in total. The fraction of sp³-hybridized carbons (Fsp3) is 0.125. The largest absolute Gasteiger partial charge is 0.502 e. The molecule has 0 radical (unpaired) electrons. The van der Waals surface area contributed by atoms with E-state index in [0.717, 1.165) is 5.56 Å². The molecule has 0 aromatic heterocycles. The number of thiocarbonyl (C=S) groups is 1. The summed E-state index contributed by atoms with van der Waals surface area (Å²) in [6, 6.07) is 17.0. The van der Waals surface area contributed by atoms with Gasteiger partial charge in [0, 0.05) is 35.0 Å². The standard InChI is InChI=1S/C24H21ClN4O4S/c1-2-22(30)28-24(34)27-19-9-7-18(8-10-19)26-14-17-12-15(13-21(23(17)31)29(32)33)11-16-5-3-4-6-20(16)25/h3-10,12-14,31H,2,11H2,1H3,(H2,27,28,30,34). The van der Waals surface area contributed by atoms with E-state index in [1.54, 1.807) is 49.4 Å². The lowest BCUT2D eigenvalue weighted by molar-refractivity contribution is -0.385. The van der Waals surface area contributed by atoms with Crippen LogP contribution in [0.5, 0.6) is 5.75 Å². The number of halogens is 1. The number of aromatic hydroxyl groups is 1. The highest BCUT2D eigenvalue weighted by atomic mass is 35.5. The van der Waals surface area contributed by atoms with E-state index in [9.17, 15) is 20.0 Å².